The summed E-state index contributed by atoms with van der Waals surface area (Å²) in [5, 5.41) is 11.0. The maximum atomic E-state index is 12.7. The lowest BCUT2D eigenvalue weighted by Gasteiger charge is -2.10. The number of H-pyrrole nitrogens is 1. The molecule has 2 N–H and O–H groups in total. The van der Waals surface area contributed by atoms with Gasteiger partial charge in [0.1, 0.15) is 23.5 Å². The van der Waals surface area contributed by atoms with E-state index in [1.807, 2.05) is 28.8 Å². The van der Waals surface area contributed by atoms with Crippen LogP contribution in [-0.4, -0.2) is 30.6 Å². The highest BCUT2D eigenvalue weighted by atomic mass is 16.1. The molecule has 152 valence electrons. The Labute approximate surface area is 175 Å². The van der Waals surface area contributed by atoms with Gasteiger partial charge >= 0.3 is 0 Å². The van der Waals surface area contributed by atoms with E-state index >= 15 is 0 Å². The number of pyridine rings is 1. The van der Waals surface area contributed by atoms with Gasteiger partial charge < -0.3 is 14.9 Å². The number of benzene rings is 1. The molecule has 0 aliphatic rings. The highest BCUT2D eigenvalue weighted by molar-refractivity contribution is 6.03. The van der Waals surface area contributed by atoms with Gasteiger partial charge in [-0.1, -0.05) is 18.2 Å². The molecule has 4 rings (SSSR count). The monoisotopic (exact) mass is 400 g/mol. The number of hydrogen-bond donors (Lipinski definition) is 2. The van der Waals surface area contributed by atoms with Gasteiger partial charge in [0.15, 0.2) is 5.82 Å². The van der Waals surface area contributed by atoms with Gasteiger partial charge in [-0.05, 0) is 74.7 Å². The highest BCUT2D eigenvalue weighted by Gasteiger charge is 2.14. The first-order valence-electron chi connectivity index (χ1n) is 9.87. The second-order valence-corrected chi connectivity index (χ2v) is 7.60. The molecule has 3 heterocycles. The van der Waals surface area contributed by atoms with E-state index < -0.39 is 0 Å². The van der Waals surface area contributed by atoms with Crippen molar-refractivity contribution in [2.75, 3.05) is 5.32 Å². The van der Waals surface area contributed by atoms with E-state index in [-0.39, 0.29) is 11.9 Å². The molecule has 0 radical (unpaired) electrons. The molecule has 30 heavy (non-hydrogen) atoms. The molecule has 0 saturated heterocycles. The Kier molecular flexibility index (Phi) is 5.18. The summed E-state index contributed by atoms with van der Waals surface area (Å²) in [7, 11) is 0. The first-order chi connectivity index (χ1) is 14.4. The van der Waals surface area contributed by atoms with Crippen LogP contribution < -0.4 is 5.32 Å². The van der Waals surface area contributed by atoms with E-state index in [0.717, 1.165) is 11.3 Å². The Morgan fingerprint density at radius 2 is 1.90 bits per heavy atom. The van der Waals surface area contributed by atoms with Crippen LogP contribution in [0.15, 0.2) is 54.9 Å². The lowest BCUT2D eigenvalue weighted by molar-refractivity contribution is 0.102. The van der Waals surface area contributed by atoms with Crippen LogP contribution in [0.2, 0.25) is 0 Å². The first kappa shape index (κ1) is 19.6. The molecule has 7 nitrogen and oxygen atoms in total. The van der Waals surface area contributed by atoms with E-state index in [9.17, 15) is 4.79 Å². The molecule has 0 bridgehead atoms. The number of aryl methyl sites for hydroxylation is 2. The number of nitrogens with one attached hydrogen (secondary N) is 2. The third-order valence-corrected chi connectivity index (χ3v) is 5.10. The maximum Gasteiger partial charge on any atom is 0.273 e. The summed E-state index contributed by atoms with van der Waals surface area (Å²) in [6, 6.07) is 15.6. The highest BCUT2D eigenvalue weighted by Crippen LogP contribution is 2.23. The van der Waals surface area contributed by atoms with Crippen molar-refractivity contribution in [3.05, 3.63) is 71.7 Å². The number of hydrogen-bond acceptors (Lipinski definition) is 4. The smallest absolute Gasteiger partial charge is 0.273 e. The van der Waals surface area contributed by atoms with Crippen LogP contribution in [0, 0.1) is 13.8 Å². The van der Waals surface area contributed by atoms with Crippen LogP contribution in [0.1, 0.15) is 41.5 Å². The van der Waals surface area contributed by atoms with Crippen molar-refractivity contribution in [2.24, 2.45) is 0 Å². The number of nitrogens with zero attached hydrogens (tertiary/aromatic N) is 4. The quantitative estimate of drug-likeness (QED) is 0.504. The van der Waals surface area contributed by atoms with Gasteiger partial charge in [-0.2, -0.15) is 0 Å². The minimum absolute atomic E-state index is 0.206. The van der Waals surface area contributed by atoms with E-state index in [2.05, 4.69) is 65.3 Å². The van der Waals surface area contributed by atoms with Crippen molar-refractivity contribution in [3.8, 4) is 22.8 Å². The summed E-state index contributed by atoms with van der Waals surface area (Å²) in [5.41, 5.74) is 5.52. The summed E-state index contributed by atoms with van der Waals surface area (Å²) < 4.78 is 1.94. The third kappa shape index (κ3) is 3.87. The van der Waals surface area contributed by atoms with Gasteiger partial charge in [-0.25, -0.2) is 4.98 Å². The molecule has 0 fully saturated rings. The number of rotatable bonds is 5. The summed E-state index contributed by atoms with van der Waals surface area (Å²) in [6.45, 7) is 8.26. The normalized spacial score (nSPS) is 11.1. The van der Waals surface area contributed by atoms with Crippen molar-refractivity contribution in [2.45, 2.75) is 33.7 Å². The minimum atomic E-state index is -0.250. The Balaban J connectivity index is 1.54. The van der Waals surface area contributed by atoms with E-state index in [4.69, 9.17) is 0 Å². The molecule has 0 atom stereocenters. The molecule has 0 aliphatic carbocycles. The molecule has 0 spiro atoms. The average Bonchev–Trinajstić information content (AvgIpc) is 3.40. The predicted octanol–water partition coefficient (Wildman–Crippen LogP) is 4.79. The van der Waals surface area contributed by atoms with Gasteiger partial charge in [0.25, 0.3) is 5.91 Å². The van der Waals surface area contributed by atoms with Crippen LogP contribution in [0.3, 0.4) is 0 Å². The van der Waals surface area contributed by atoms with Gasteiger partial charge in [-0.3, -0.25) is 4.79 Å². The molecule has 0 aliphatic heterocycles. The fourth-order valence-corrected chi connectivity index (χ4v) is 3.22. The Bertz CT molecular complexity index is 1200. The number of carbonyl (C=O) groups is 1. The Morgan fingerprint density at radius 1 is 1.07 bits per heavy atom. The topological polar surface area (TPSA) is 88.5 Å². The fourth-order valence-electron chi connectivity index (χ4n) is 3.22. The van der Waals surface area contributed by atoms with Gasteiger partial charge in [0, 0.05) is 11.7 Å². The molecular formula is C23H24N6O. The summed E-state index contributed by atoms with van der Waals surface area (Å²) in [6.07, 6.45) is 1.68. The number of aromatic nitrogens is 5. The number of carbonyl (C=O) groups excluding carboxylic acids is 1. The summed E-state index contributed by atoms with van der Waals surface area (Å²) in [4.78, 5) is 20.5. The van der Waals surface area contributed by atoms with Crippen molar-refractivity contribution < 1.29 is 4.79 Å². The van der Waals surface area contributed by atoms with Crippen LogP contribution in [-0.2, 0) is 0 Å². The number of anilines is 1. The molecule has 4 aromatic rings. The molecule has 1 amide bonds. The van der Waals surface area contributed by atoms with Crippen molar-refractivity contribution >= 4 is 11.7 Å². The van der Waals surface area contributed by atoms with Crippen LogP contribution >= 0.6 is 0 Å². The largest absolute Gasteiger partial charge is 0.351 e. The zero-order valence-corrected chi connectivity index (χ0v) is 17.5. The van der Waals surface area contributed by atoms with E-state index in [0.29, 0.717) is 23.0 Å². The SMILES string of the molecule is Cc1ccc(-c2ccc(C(=O)Nc3cccc(-c4nncn4C(C)C)n3)[nH]2)cc1C. The van der Waals surface area contributed by atoms with Crippen LogP contribution in [0.4, 0.5) is 5.82 Å². The van der Waals surface area contributed by atoms with Gasteiger partial charge in [0.05, 0.1) is 0 Å². The standard InChI is InChI=1S/C23H24N6O/c1-14(2)29-13-24-28-22(29)19-6-5-7-21(26-19)27-23(30)20-11-10-18(25-20)17-9-8-15(3)16(4)12-17/h5-14,25H,1-4H3,(H,26,27,30). The second kappa shape index (κ2) is 7.94. The average molecular weight is 400 g/mol. The van der Waals surface area contributed by atoms with Crippen LogP contribution in [0.25, 0.3) is 22.8 Å². The first-order valence-corrected chi connectivity index (χ1v) is 9.87. The molecule has 0 saturated carbocycles. The van der Waals surface area contributed by atoms with Crippen molar-refractivity contribution in [1.29, 1.82) is 0 Å². The number of aromatic amines is 1. The lowest BCUT2D eigenvalue weighted by atomic mass is 10.0. The third-order valence-electron chi connectivity index (χ3n) is 5.10. The summed E-state index contributed by atoms with van der Waals surface area (Å²) >= 11 is 0. The van der Waals surface area contributed by atoms with Gasteiger partial charge in [0.2, 0.25) is 0 Å². The van der Waals surface area contributed by atoms with Crippen molar-refractivity contribution in [3.63, 3.8) is 0 Å². The Hall–Kier alpha value is -3.74. The summed E-state index contributed by atoms with van der Waals surface area (Å²) in [5.74, 6) is 0.871. The van der Waals surface area contributed by atoms with E-state index in [1.54, 1.807) is 18.5 Å². The van der Waals surface area contributed by atoms with Crippen LogP contribution in [0.5, 0.6) is 0 Å². The molecule has 3 aromatic heterocycles. The van der Waals surface area contributed by atoms with Gasteiger partial charge in [-0.15, -0.1) is 10.2 Å². The maximum absolute atomic E-state index is 12.7. The van der Waals surface area contributed by atoms with Crippen molar-refractivity contribution in [1.82, 2.24) is 24.7 Å². The Morgan fingerprint density at radius 3 is 2.67 bits per heavy atom. The zero-order valence-electron chi connectivity index (χ0n) is 17.5. The molecule has 1 aromatic carbocycles. The second-order valence-electron chi connectivity index (χ2n) is 7.60. The number of amides is 1. The predicted molar refractivity (Wildman–Crippen MR) is 117 cm³/mol. The zero-order chi connectivity index (χ0) is 21.3. The molecule has 0 unspecified atom stereocenters. The van der Waals surface area contributed by atoms with E-state index in [1.165, 1.54) is 11.1 Å². The molecule has 7 heteroatoms. The minimum Gasteiger partial charge on any atom is -0.351 e. The fraction of sp³-hybridized carbons (Fsp3) is 0.217. The molecular weight excluding hydrogens is 376 g/mol. The lowest BCUT2D eigenvalue weighted by Crippen LogP contribution is -2.13.